The fourth-order valence-corrected chi connectivity index (χ4v) is 3.17. The fraction of sp³-hybridized carbons (Fsp3) is 0.556. The van der Waals surface area contributed by atoms with Gasteiger partial charge in [0.05, 0.1) is 5.75 Å². The van der Waals surface area contributed by atoms with Crippen LogP contribution in [0.1, 0.15) is 61.4 Å². The molecule has 0 saturated carbocycles. The van der Waals surface area contributed by atoms with Crippen LogP contribution in [0.4, 0.5) is 0 Å². The summed E-state index contributed by atoms with van der Waals surface area (Å²) in [5.41, 5.74) is 1.22. The highest BCUT2D eigenvalue weighted by atomic mass is 32.2. The standard InChI is InChI=1S/C18H27NO6S/c1-2-3-4-5-6-9-14-10-7-8-11-15(14)17(20)19-16(18(21)22)12-13-26(23,24)25/h7-8,10-11,16H,2-6,9,12-13H2,1H3,(H,19,20)(H,21,22)(H,23,24,25)/t16-/m0/s1. The fourth-order valence-electron chi connectivity index (χ4n) is 2.64. The molecular formula is C18H27NO6S. The van der Waals surface area contributed by atoms with Crippen molar-refractivity contribution in [1.82, 2.24) is 5.32 Å². The third-order valence-electron chi connectivity index (χ3n) is 4.08. The van der Waals surface area contributed by atoms with Crippen molar-refractivity contribution in [2.24, 2.45) is 0 Å². The van der Waals surface area contributed by atoms with E-state index < -0.39 is 40.2 Å². The van der Waals surface area contributed by atoms with Crippen LogP contribution in [-0.4, -0.2) is 41.7 Å². The number of nitrogens with one attached hydrogen (secondary N) is 1. The van der Waals surface area contributed by atoms with Gasteiger partial charge in [0.1, 0.15) is 6.04 Å². The molecule has 0 heterocycles. The Balaban J connectivity index is 2.73. The van der Waals surface area contributed by atoms with Gasteiger partial charge in [-0.15, -0.1) is 0 Å². The van der Waals surface area contributed by atoms with Gasteiger partial charge in [0, 0.05) is 5.56 Å². The number of rotatable bonds is 12. The van der Waals surface area contributed by atoms with Crippen molar-refractivity contribution in [2.45, 2.75) is 57.9 Å². The smallest absolute Gasteiger partial charge is 0.326 e. The molecule has 0 aliphatic heterocycles. The van der Waals surface area contributed by atoms with E-state index >= 15 is 0 Å². The second-order valence-corrected chi connectivity index (χ2v) is 7.83. The van der Waals surface area contributed by atoms with Gasteiger partial charge < -0.3 is 10.4 Å². The molecule has 26 heavy (non-hydrogen) atoms. The van der Waals surface area contributed by atoms with Crippen molar-refractivity contribution in [3.05, 3.63) is 35.4 Å². The van der Waals surface area contributed by atoms with Gasteiger partial charge >= 0.3 is 5.97 Å². The average Bonchev–Trinajstić information content (AvgIpc) is 2.57. The number of benzene rings is 1. The first-order valence-corrected chi connectivity index (χ1v) is 10.4. The van der Waals surface area contributed by atoms with E-state index in [-0.39, 0.29) is 0 Å². The number of aryl methyl sites for hydroxylation is 1. The highest BCUT2D eigenvalue weighted by Crippen LogP contribution is 2.14. The van der Waals surface area contributed by atoms with Crippen LogP contribution < -0.4 is 5.32 Å². The van der Waals surface area contributed by atoms with Gasteiger partial charge in [0.25, 0.3) is 16.0 Å². The maximum Gasteiger partial charge on any atom is 0.326 e. The monoisotopic (exact) mass is 385 g/mol. The largest absolute Gasteiger partial charge is 0.480 e. The zero-order valence-electron chi connectivity index (χ0n) is 15.0. The lowest BCUT2D eigenvalue weighted by molar-refractivity contribution is -0.139. The van der Waals surface area contributed by atoms with Crippen LogP contribution in [0.25, 0.3) is 0 Å². The van der Waals surface area contributed by atoms with Crippen molar-refractivity contribution in [3.63, 3.8) is 0 Å². The number of unbranched alkanes of at least 4 members (excludes halogenated alkanes) is 4. The van der Waals surface area contributed by atoms with Gasteiger partial charge in [0.15, 0.2) is 0 Å². The van der Waals surface area contributed by atoms with Crippen LogP contribution in [0, 0.1) is 0 Å². The minimum absolute atomic E-state index is 0.390. The minimum atomic E-state index is -4.30. The number of hydrogen-bond donors (Lipinski definition) is 3. The van der Waals surface area contributed by atoms with E-state index in [4.69, 9.17) is 9.66 Å². The maximum absolute atomic E-state index is 12.5. The Morgan fingerprint density at radius 3 is 2.38 bits per heavy atom. The summed E-state index contributed by atoms with van der Waals surface area (Å²) in [7, 11) is -4.30. The third kappa shape index (κ3) is 8.44. The number of carboxylic acid groups (broad SMARTS) is 1. The molecule has 0 fully saturated rings. The second kappa shape index (κ2) is 10.9. The summed E-state index contributed by atoms with van der Waals surface area (Å²) in [4.78, 5) is 23.7. The van der Waals surface area contributed by atoms with Crippen molar-refractivity contribution in [1.29, 1.82) is 0 Å². The van der Waals surface area contributed by atoms with E-state index in [1.807, 2.05) is 12.1 Å². The van der Waals surface area contributed by atoms with Gasteiger partial charge in [-0.1, -0.05) is 50.8 Å². The van der Waals surface area contributed by atoms with Crippen LogP contribution >= 0.6 is 0 Å². The summed E-state index contributed by atoms with van der Waals surface area (Å²) < 4.78 is 30.4. The number of carbonyl (C=O) groups excluding carboxylic acids is 1. The zero-order chi connectivity index (χ0) is 19.6. The molecule has 0 saturated heterocycles. The number of carbonyl (C=O) groups is 2. The lowest BCUT2D eigenvalue weighted by Crippen LogP contribution is -2.42. The normalized spacial score (nSPS) is 12.5. The quantitative estimate of drug-likeness (QED) is 0.376. The SMILES string of the molecule is CCCCCCCc1ccccc1C(=O)N[C@@H](CCS(=O)(=O)O)C(=O)O. The lowest BCUT2D eigenvalue weighted by atomic mass is 10.00. The molecule has 7 nitrogen and oxygen atoms in total. The van der Waals surface area contributed by atoms with Crippen LogP contribution in [0.15, 0.2) is 24.3 Å². The Morgan fingerprint density at radius 2 is 1.77 bits per heavy atom. The Hall–Kier alpha value is -1.93. The predicted molar refractivity (Wildman–Crippen MR) is 98.8 cm³/mol. The molecule has 0 radical (unpaired) electrons. The van der Waals surface area contributed by atoms with Crippen molar-refractivity contribution in [3.8, 4) is 0 Å². The Labute approximate surface area is 154 Å². The van der Waals surface area contributed by atoms with Gasteiger partial charge in [-0.3, -0.25) is 9.35 Å². The Bertz CT molecular complexity index is 701. The van der Waals surface area contributed by atoms with Crippen molar-refractivity contribution >= 4 is 22.0 Å². The van der Waals surface area contributed by atoms with Gasteiger partial charge in [-0.25, -0.2) is 4.79 Å². The molecule has 146 valence electrons. The van der Waals surface area contributed by atoms with Crippen molar-refractivity contribution < 1.29 is 27.7 Å². The molecule has 3 N–H and O–H groups in total. The summed E-state index contributed by atoms with van der Waals surface area (Å²) in [5, 5.41) is 11.5. The molecule has 1 aromatic rings. The van der Waals surface area contributed by atoms with Crippen LogP contribution in [0.5, 0.6) is 0 Å². The number of aliphatic carboxylic acids is 1. The highest BCUT2D eigenvalue weighted by Gasteiger charge is 2.23. The van der Waals surface area contributed by atoms with Crippen LogP contribution in [0.2, 0.25) is 0 Å². The van der Waals surface area contributed by atoms with E-state index in [1.165, 1.54) is 6.42 Å². The second-order valence-electron chi connectivity index (χ2n) is 6.26. The Morgan fingerprint density at radius 1 is 1.12 bits per heavy atom. The summed E-state index contributed by atoms with van der Waals surface area (Å²) >= 11 is 0. The topological polar surface area (TPSA) is 121 Å². The van der Waals surface area contributed by atoms with Gasteiger partial charge in [0.2, 0.25) is 0 Å². The first-order valence-electron chi connectivity index (χ1n) is 8.81. The summed E-state index contributed by atoms with van der Waals surface area (Å²) in [5.74, 6) is -2.64. The van der Waals surface area contributed by atoms with Crippen LogP contribution in [0.3, 0.4) is 0 Å². The van der Waals surface area contributed by atoms with Gasteiger partial charge in [-0.05, 0) is 30.9 Å². The molecule has 0 aliphatic rings. The van der Waals surface area contributed by atoms with E-state index in [2.05, 4.69) is 12.2 Å². The van der Waals surface area contributed by atoms with E-state index in [9.17, 15) is 18.0 Å². The molecule has 0 unspecified atom stereocenters. The third-order valence-corrected chi connectivity index (χ3v) is 4.83. The molecule has 0 bridgehead atoms. The molecular weight excluding hydrogens is 358 g/mol. The first kappa shape index (κ1) is 22.1. The summed E-state index contributed by atoms with van der Waals surface area (Å²) in [6.45, 7) is 2.14. The van der Waals surface area contributed by atoms with E-state index in [0.29, 0.717) is 5.56 Å². The van der Waals surface area contributed by atoms with Gasteiger partial charge in [-0.2, -0.15) is 8.42 Å². The molecule has 0 aliphatic carbocycles. The molecule has 8 heteroatoms. The molecule has 0 aromatic heterocycles. The number of amides is 1. The lowest BCUT2D eigenvalue weighted by Gasteiger charge is -2.15. The van der Waals surface area contributed by atoms with Crippen molar-refractivity contribution in [2.75, 3.05) is 5.75 Å². The predicted octanol–water partition coefficient (Wildman–Crippen LogP) is 2.66. The summed E-state index contributed by atoms with van der Waals surface area (Å²) in [6, 6.07) is 5.59. The molecule has 0 spiro atoms. The minimum Gasteiger partial charge on any atom is -0.480 e. The molecule has 1 amide bonds. The first-order chi connectivity index (χ1) is 12.2. The average molecular weight is 385 g/mol. The van der Waals surface area contributed by atoms with Crippen LogP contribution in [-0.2, 0) is 21.3 Å². The molecule has 1 rings (SSSR count). The number of carboxylic acids is 1. The zero-order valence-corrected chi connectivity index (χ0v) is 15.8. The molecule has 1 aromatic carbocycles. The maximum atomic E-state index is 12.5. The molecule has 1 atom stereocenters. The van der Waals surface area contributed by atoms with E-state index in [1.54, 1.807) is 12.1 Å². The highest BCUT2D eigenvalue weighted by molar-refractivity contribution is 7.85. The Kier molecular flexibility index (Phi) is 9.29. The van der Waals surface area contributed by atoms with E-state index in [0.717, 1.165) is 37.7 Å². The number of hydrogen-bond acceptors (Lipinski definition) is 4. The summed E-state index contributed by atoms with van der Waals surface area (Å²) in [6.07, 6.45) is 5.79.